The van der Waals surface area contributed by atoms with Gasteiger partial charge in [0.1, 0.15) is 5.01 Å². The number of nitrogens with one attached hydrogen (secondary N) is 2. The smallest absolute Gasteiger partial charge is 0.321 e. The zero-order valence-corrected chi connectivity index (χ0v) is 19.3. The number of hydrogen-bond donors (Lipinski definition) is 2. The average molecular weight is 450 g/mol. The van der Waals surface area contributed by atoms with E-state index in [9.17, 15) is 9.59 Å². The molecule has 3 aromatic rings. The van der Waals surface area contributed by atoms with Gasteiger partial charge in [-0.1, -0.05) is 47.2 Å². The highest BCUT2D eigenvalue weighted by Gasteiger charge is 2.28. The molecule has 8 heteroatoms. The van der Waals surface area contributed by atoms with E-state index >= 15 is 0 Å². The second kappa shape index (κ2) is 9.48. The highest BCUT2D eigenvalue weighted by molar-refractivity contribution is 7.13. The topological polar surface area (TPSA) is 87.2 Å². The van der Waals surface area contributed by atoms with Crippen LogP contribution in [-0.2, 0) is 0 Å². The zero-order chi connectivity index (χ0) is 22.7. The number of para-hydroxylation sites is 1. The van der Waals surface area contributed by atoms with Gasteiger partial charge in [-0.25, -0.2) is 4.79 Å². The fourth-order valence-electron chi connectivity index (χ4n) is 3.89. The number of amides is 3. The van der Waals surface area contributed by atoms with Gasteiger partial charge in [-0.05, 0) is 56.9 Å². The van der Waals surface area contributed by atoms with E-state index in [0.29, 0.717) is 18.1 Å². The maximum absolute atomic E-state index is 12.8. The van der Waals surface area contributed by atoms with Gasteiger partial charge in [0.05, 0.1) is 0 Å². The van der Waals surface area contributed by atoms with Crippen LogP contribution in [0.15, 0.2) is 42.5 Å². The van der Waals surface area contributed by atoms with Gasteiger partial charge in [0.25, 0.3) is 5.91 Å². The number of carbonyl (C=O) groups is 2. The van der Waals surface area contributed by atoms with Crippen LogP contribution in [0.1, 0.15) is 50.3 Å². The van der Waals surface area contributed by atoms with E-state index in [4.69, 9.17) is 0 Å². The second-order valence-corrected chi connectivity index (χ2v) is 9.26. The molecule has 166 valence electrons. The van der Waals surface area contributed by atoms with Gasteiger partial charge in [-0.2, -0.15) is 0 Å². The van der Waals surface area contributed by atoms with Gasteiger partial charge in [-0.15, -0.1) is 10.2 Å². The van der Waals surface area contributed by atoms with Crippen molar-refractivity contribution in [1.29, 1.82) is 0 Å². The Bertz CT molecular complexity index is 1140. The van der Waals surface area contributed by atoms with E-state index in [1.165, 1.54) is 11.3 Å². The molecule has 1 fully saturated rings. The normalized spacial score (nSPS) is 16.0. The molecule has 2 N–H and O–H groups in total. The SMILES string of the molecule is Cc1ccc(NC(=O)N2CCC[C@@H](c3nnc(C(=O)Nc4ccccc4C)s3)C2)c(C)c1. The fourth-order valence-corrected chi connectivity index (χ4v) is 4.76. The third-order valence-corrected chi connectivity index (χ3v) is 6.79. The van der Waals surface area contributed by atoms with E-state index in [-0.39, 0.29) is 17.9 Å². The number of carbonyl (C=O) groups excluding carboxylic acids is 2. The average Bonchev–Trinajstić information content (AvgIpc) is 3.28. The number of urea groups is 1. The van der Waals surface area contributed by atoms with Gasteiger partial charge in [0, 0.05) is 30.4 Å². The van der Waals surface area contributed by atoms with Gasteiger partial charge in [0.2, 0.25) is 5.01 Å². The molecule has 3 amide bonds. The Morgan fingerprint density at radius 3 is 2.56 bits per heavy atom. The predicted molar refractivity (Wildman–Crippen MR) is 128 cm³/mol. The largest absolute Gasteiger partial charge is 0.324 e. The lowest BCUT2D eigenvalue weighted by Crippen LogP contribution is -2.41. The van der Waals surface area contributed by atoms with Crippen molar-refractivity contribution in [3.63, 3.8) is 0 Å². The number of rotatable bonds is 4. The Labute approximate surface area is 191 Å². The lowest BCUT2D eigenvalue weighted by atomic mass is 9.99. The van der Waals surface area contributed by atoms with Crippen LogP contribution in [0.25, 0.3) is 0 Å². The first kappa shape index (κ1) is 22.0. The lowest BCUT2D eigenvalue weighted by Gasteiger charge is -2.31. The van der Waals surface area contributed by atoms with E-state index in [2.05, 4.69) is 26.9 Å². The molecule has 0 bridgehead atoms. The standard InChI is InChI=1S/C24H27N5O2S/c1-15-10-11-20(17(3)13-15)26-24(31)29-12-6-8-18(14-29)22-27-28-23(32-22)21(30)25-19-9-5-4-7-16(19)2/h4-5,7,9-11,13,18H,6,8,12,14H2,1-3H3,(H,25,30)(H,26,31)/t18-/m1/s1. The molecule has 4 rings (SSSR count). The number of aryl methyl sites for hydroxylation is 3. The predicted octanol–water partition coefficient (Wildman–Crippen LogP) is 5.13. The first-order valence-electron chi connectivity index (χ1n) is 10.7. The maximum Gasteiger partial charge on any atom is 0.321 e. The summed E-state index contributed by atoms with van der Waals surface area (Å²) in [6.45, 7) is 7.23. The molecule has 7 nitrogen and oxygen atoms in total. The summed E-state index contributed by atoms with van der Waals surface area (Å²) in [6, 6.07) is 13.5. The summed E-state index contributed by atoms with van der Waals surface area (Å²) in [5.74, 6) is -0.186. The molecule has 2 heterocycles. The zero-order valence-electron chi connectivity index (χ0n) is 18.5. The Balaban J connectivity index is 1.40. The molecule has 1 saturated heterocycles. The summed E-state index contributed by atoms with van der Waals surface area (Å²) in [5.41, 5.74) is 4.79. The summed E-state index contributed by atoms with van der Waals surface area (Å²) < 4.78 is 0. The monoisotopic (exact) mass is 449 g/mol. The van der Waals surface area contributed by atoms with Crippen molar-refractivity contribution in [2.45, 2.75) is 39.5 Å². The van der Waals surface area contributed by atoms with E-state index in [1.54, 1.807) is 0 Å². The highest BCUT2D eigenvalue weighted by Crippen LogP contribution is 2.30. The van der Waals surface area contributed by atoms with Crippen LogP contribution in [0.3, 0.4) is 0 Å². The number of likely N-dealkylation sites (tertiary alicyclic amines) is 1. The quantitative estimate of drug-likeness (QED) is 0.578. The molecule has 1 atom stereocenters. The molecule has 0 aliphatic carbocycles. The van der Waals surface area contributed by atoms with Crippen molar-refractivity contribution < 1.29 is 9.59 Å². The van der Waals surface area contributed by atoms with Crippen LogP contribution in [0, 0.1) is 20.8 Å². The lowest BCUT2D eigenvalue weighted by molar-refractivity contribution is 0.102. The minimum atomic E-state index is -0.261. The van der Waals surface area contributed by atoms with E-state index in [1.807, 2.05) is 62.1 Å². The van der Waals surface area contributed by atoms with Crippen LogP contribution in [-0.4, -0.2) is 40.1 Å². The summed E-state index contributed by atoms with van der Waals surface area (Å²) in [5, 5.41) is 15.4. The Morgan fingerprint density at radius 2 is 1.78 bits per heavy atom. The third-order valence-electron chi connectivity index (χ3n) is 5.71. The Morgan fingerprint density at radius 1 is 1.00 bits per heavy atom. The summed E-state index contributed by atoms with van der Waals surface area (Å²) in [4.78, 5) is 27.3. The van der Waals surface area contributed by atoms with Crippen molar-refractivity contribution in [3.05, 3.63) is 69.2 Å². The van der Waals surface area contributed by atoms with Crippen molar-refractivity contribution in [1.82, 2.24) is 15.1 Å². The summed E-state index contributed by atoms with van der Waals surface area (Å²) in [6.07, 6.45) is 1.80. The van der Waals surface area contributed by atoms with Crippen molar-refractivity contribution >= 4 is 34.6 Å². The molecular formula is C24H27N5O2S. The van der Waals surface area contributed by atoms with Crippen LogP contribution >= 0.6 is 11.3 Å². The third kappa shape index (κ3) is 4.96. The first-order chi connectivity index (χ1) is 15.4. The van der Waals surface area contributed by atoms with E-state index < -0.39 is 0 Å². The van der Waals surface area contributed by atoms with Crippen molar-refractivity contribution in [2.24, 2.45) is 0 Å². The van der Waals surface area contributed by atoms with Gasteiger partial charge in [0.15, 0.2) is 0 Å². The van der Waals surface area contributed by atoms with Crippen LogP contribution in [0.2, 0.25) is 0 Å². The Kier molecular flexibility index (Phi) is 6.50. The van der Waals surface area contributed by atoms with Crippen LogP contribution in [0.4, 0.5) is 16.2 Å². The molecule has 0 saturated carbocycles. The second-order valence-electron chi connectivity index (χ2n) is 8.25. The molecule has 1 aliphatic rings. The number of anilines is 2. The molecule has 0 spiro atoms. The van der Waals surface area contributed by atoms with Gasteiger partial charge >= 0.3 is 6.03 Å². The Hall–Kier alpha value is -3.26. The molecule has 32 heavy (non-hydrogen) atoms. The summed E-state index contributed by atoms with van der Waals surface area (Å²) >= 11 is 1.30. The number of hydrogen-bond acceptors (Lipinski definition) is 5. The molecule has 1 aromatic heterocycles. The fraction of sp³-hybridized carbons (Fsp3) is 0.333. The van der Waals surface area contributed by atoms with Crippen molar-refractivity contribution in [2.75, 3.05) is 23.7 Å². The number of piperidine rings is 1. The van der Waals surface area contributed by atoms with Crippen LogP contribution < -0.4 is 10.6 Å². The molecular weight excluding hydrogens is 422 g/mol. The number of benzene rings is 2. The minimum absolute atomic E-state index is 0.0751. The minimum Gasteiger partial charge on any atom is -0.324 e. The van der Waals surface area contributed by atoms with E-state index in [0.717, 1.165) is 45.9 Å². The highest BCUT2D eigenvalue weighted by atomic mass is 32.1. The molecule has 0 unspecified atom stereocenters. The van der Waals surface area contributed by atoms with Gasteiger partial charge < -0.3 is 15.5 Å². The molecule has 0 radical (unpaired) electrons. The maximum atomic E-state index is 12.8. The molecule has 1 aliphatic heterocycles. The number of nitrogens with zero attached hydrogens (tertiary/aromatic N) is 3. The van der Waals surface area contributed by atoms with Crippen molar-refractivity contribution in [3.8, 4) is 0 Å². The molecule has 2 aromatic carbocycles. The van der Waals surface area contributed by atoms with Crippen LogP contribution in [0.5, 0.6) is 0 Å². The van der Waals surface area contributed by atoms with Gasteiger partial charge in [-0.3, -0.25) is 4.79 Å². The summed E-state index contributed by atoms with van der Waals surface area (Å²) in [7, 11) is 0. The number of aromatic nitrogens is 2. The first-order valence-corrected chi connectivity index (χ1v) is 11.6.